The average molecular weight is 376 g/mol. The van der Waals surface area contributed by atoms with E-state index in [1.165, 1.54) is 13.4 Å². The molecule has 2 heterocycles. The summed E-state index contributed by atoms with van der Waals surface area (Å²) < 4.78 is 9.55. The van der Waals surface area contributed by atoms with Crippen LogP contribution in [0.25, 0.3) is 16.7 Å². The summed E-state index contributed by atoms with van der Waals surface area (Å²) in [7, 11) is 3.37. The third-order valence-corrected chi connectivity index (χ3v) is 4.37. The Morgan fingerprint density at radius 1 is 1.11 bits per heavy atom. The van der Waals surface area contributed by atoms with Gasteiger partial charge in [-0.15, -0.1) is 0 Å². The van der Waals surface area contributed by atoms with Crippen molar-refractivity contribution in [1.29, 1.82) is 0 Å². The summed E-state index contributed by atoms with van der Waals surface area (Å²) in [5.41, 5.74) is 4.95. The number of rotatable bonds is 7. The highest BCUT2D eigenvalue weighted by atomic mass is 16.6. The highest BCUT2D eigenvalue weighted by Gasteiger charge is 2.07. The number of aromatic nitrogens is 5. The fourth-order valence-corrected chi connectivity index (χ4v) is 2.94. The maximum atomic E-state index is 5.78. The summed E-state index contributed by atoms with van der Waals surface area (Å²) in [6, 6.07) is 14.2. The molecule has 4 aromatic rings. The second-order valence-corrected chi connectivity index (χ2v) is 6.24. The fraction of sp³-hybridized carbons (Fsp3) is 0.200. The second-order valence-electron chi connectivity index (χ2n) is 6.24. The summed E-state index contributed by atoms with van der Waals surface area (Å²) in [6.45, 7) is 0.908. The van der Waals surface area contributed by atoms with E-state index in [0.717, 1.165) is 33.7 Å². The molecule has 0 unspecified atom stereocenters. The zero-order valence-corrected chi connectivity index (χ0v) is 15.7. The van der Waals surface area contributed by atoms with Crippen molar-refractivity contribution in [3.8, 4) is 5.69 Å². The van der Waals surface area contributed by atoms with Crippen LogP contribution >= 0.6 is 0 Å². The van der Waals surface area contributed by atoms with Crippen LogP contribution in [0.2, 0.25) is 0 Å². The minimum absolute atomic E-state index is 0.417. The van der Waals surface area contributed by atoms with Crippen molar-refractivity contribution < 1.29 is 9.57 Å². The van der Waals surface area contributed by atoms with Gasteiger partial charge in [-0.25, -0.2) is 9.97 Å². The third kappa shape index (κ3) is 3.77. The first-order chi connectivity index (χ1) is 13.7. The lowest BCUT2D eigenvalue weighted by Gasteiger charge is -2.08. The molecule has 0 bridgehead atoms. The van der Waals surface area contributed by atoms with Gasteiger partial charge in [0.2, 0.25) is 0 Å². The molecule has 4 rings (SSSR count). The molecule has 28 heavy (non-hydrogen) atoms. The van der Waals surface area contributed by atoms with Crippen molar-refractivity contribution in [1.82, 2.24) is 24.3 Å². The minimum Gasteiger partial charge on any atom is -0.399 e. The number of hydrogen-bond donors (Lipinski definition) is 0. The van der Waals surface area contributed by atoms with Gasteiger partial charge in [-0.1, -0.05) is 23.4 Å². The normalized spacial score (nSPS) is 11.5. The Kier molecular flexibility index (Phi) is 5.11. The van der Waals surface area contributed by atoms with Crippen molar-refractivity contribution >= 4 is 17.2 Å². The van der Waals surface area contributed by atoms with Crippen LogP contribution in [0.15, 0.2) is 60.3 Å². The number of fused-ring (bicyclic) bond motifs is 1. The highest BCUT2D eigenvalue weighted by molar-refractivity contribution is 5.87. The summed E-state index contributed by atoms with van der Waals surface area (Å²) >= 11 is 0. The van der Waals surface area contributed by atoms with Gasteiger partial charge < -0.3 is 9.57 Å². The van der Waals surface area contributed by atoms with Crippen LogP contribution < -0.4 is 0 Å². The first-order valence-electron chi connectivity index (χ1n) is 8.78. The SMILES string of the molecule is CON=Cc1ccc2c(c1)ncn2-c1cccc(COCc2ncnn2C)c1. The summed E-state index contributed by atoms with van der Waals surface area (Å²) in [6.07, 6.45) is 5.00. The van der Waals surface area contributed by atoms with Crippen molar-refractivity contribution in [2.24, 2.45) is 12.2 Å². The summed E-state index contributed by atoms with van der Waals surface area (Å²) in [5.74, 6) is 0.796. The fourth-order valence-electron chi connectivity index (χ4n) is 2.94. The molecular formula is C20H20N6O2. The van der Waals surface area contributed by atoms with E-state index in [-0.39, 0.29) is 0 Å². The molecule has 0 aliphatic heterocycles. The van der Waals surface area contributed by atoms with E-state index in [9.17, 15) is 0 Å². The molecule has 0 N–H and O–H groups in total. The van der Waals surface area contributed by atoms with Gasteiger partial charge in [-0.3, -0.25) is 9.25 Å². The molecule has 8 heteroatoms. The van der Waals surface area contributed by atoms with Gasteiger partial charge in [-0.05, 0) is 35.4 Å². The quantitative estimate of drug-likeness (QED) is 0.366. The Morgan fingerprint density at radius 2 is 2.04 bits per heavy atom. The van der Waals surface area contributed by atoms with Gasteiger partial charge in [0.1, 0.15) is 26.4 Å². The monoisotopic (exact) mass is 376 g/mol. The molecule has 0 aliphatic carbocycles. The van der Waals surface area contributed by atoms with Crippen LogP contribution in [-0.2, 0) is 29.8 Å². The number of benzene rings is 2. The van der Waals surface area contributed by atoms with Gasteiger partial charge in [0.25, 0.3) is 0 Å². The molecule has 0 saturated heterocycles. The summed E-state index contributed by atoms with van der Waals surface area (Å²) in [5, 5.41) is 7.84. The van der Waals surface area contributed by atoms with Crippen LogP contribution in [0.5, 0.6) is 0 Å². The zero-order valence-electron chi connectivity index (χ0n) is 15.7. The van der Waals surface area contributed by atoms with E-state index in [4.69, 9.17) is 9.57 Å². The van der Waals surface area contributed by atoms with E-state index in [1.54, 1.807) is 10.9 Å². The third-order valence-electron chi connectivity index (χ3n) is 4.37. The van der Waals surface area contributed by atoms with Crippen LogP contribution in [0.3, 0.4) is 0 Å². The maximum Gasteiger partial charge on any atom is 0.152 e. The lowest BCUT2D eigenvalue weighted by atomic mass is 10.2. The van der Waals surface area contributed by atoms with Crippen LogP contribution in [0.1, 0.15) is 17.0 Å². The Bertz CT molecular complexity index is 1110. The molecule has 0 fully saturated rings. The van der Waals surface area contributed by atoms with Crippen LogP contribution in [0.4, 0.5) is 0 Å². The first kappa shape index (κ1) is 17.9. The molecule has 0 atom stereocenters. The number of aryl methyl sites for hydroxylation is 1. The van der Waals surface area contributed by atoms with E-state index in [2.05, 4.69) is 30.9 Å². The number of oxime groups is 1. The number of nitrogens with zero attached hydrogens (tertiary/aromatic N) is 6. The van der Waals surface area contributed by atoms with Gasteiger partial charge in [0.05, 0.1) is 23.9 Å². The topological polar surface area (TPSA) is 79.3 Å². The molecule has 8 nitrogen and oxygen atoms in total. The first-order valence-corrected chi connectivity index (χ1v) is 8.78. The second kappa shape index (κ2) is 8.01. The van der Waals surface area contributed by atoms with Gasteiger partial charge in [0, 0.05) is 12.7 Å². The predicted octanol–water partition coefficient (Wildman–Crippen LogP) is 2.85. The highest BCUT2D eigenvalue weighted by Crippen LogP contribution is 2.20. The van der Waals surface area contributed by atoms with Gasteiger partial charge in [-0.2, -0.15) is 5.10 Å². The Hall–Kier alpha value is -3.52. The molecule has 142 valence electrons. The molecule has 0 spiro atoms. The van der Waals surface area contributed by atoms with E-state index < -0.39 is 0 Å². The van der Waals surface area contributed by atoms with Gasteiger partial charge >= 0.3 is 0 Å². The van der Waals surface area contributed by atoms with Crippen molar-refractivity contribution in [2.45, 2.75) is 13.2 Å². The minimum atomic E-state index is 0.417. The molecular weight excluding hydrogens is 356 g/mol. The van der Waals surface area contributed by atoms with Crippen LogP contribution in [0, 0.1) is 0 Å². The molecule has 0 radical (unpaired) electrons. The molecule has 2 aromatic carbocycles. The number of hydrogen-bond acceptors (Lipinski definition) is 6. The zero-order chi connectivity index (χ0) is 19.3. The Labute approximate surface area is 162 Å². The van der Waals surface area contributed by atoms with Crippen molar-refractivity contribution in [3.05, 3.63) is 72.1 Å². The summed E-state index contributed by atoms with van der Waals surface area (Å²) in [4.78, 5) is 13.4. The average Bonchev–Trinajstić information content (AvgIpc) is 3.32. The van der Waals surface area contributed by atoms with Crippen molar-refractivity contribution in [2.75, 3.05) is 7.11 Å². The standard InChI is InChI=1S/C20H20N6O2/c1-25-20(21-13-23-25)12-28-11-16-4-3-5-17(8-16)26-14-22-18-9-15(10-24-27-2)6-7-19(18)26/h3-10,13-14H,11-12H2,1-2H3. The van der Waals surface area contributed by atoms with Crippen molar-refractivity contribution in [3.63, 3.8) is 0 Å². The molecule has 2 aromatic heterocycles. The number of ether oxygens (including phenoxy) is 1. The number of imidazole rings is 1. The van der Waals surface area contributed by atoms with E-state index in [0.29, 0.717) is 13.2 Å². The Morgan fingerprint density at radius 3 is 2.86 bits per heavy atom. The Balaban J connectivity index is 1.52. The van der Waals surface area contributed by atoms with E-state index in [1.807, 2.05) is 49.8 Å². The molecule has 0 saturated carbocycles. The van der Waals surface area contributed by atoms with Gasteiger partial charge in [0.15, 0.2) is 5.82 Å². The predicted molar refractivity (Wildman–Crippen MR) is 105 cm³/mol. The van der Waals surface area contributed by atoms with Crippen LogP contribution in [-0.4, -0.2) is 37.6 Å². The van der Waals surface area contributed by atoms with E-state index >= 15 is 0 Å². The lowest BCUT2D eigenvalue weighted by Crippen LogP contribution is -2.03. The maximum absolute atomic E-state index is 5.78. The molecule has 0 amide bonds. The lowest BCUT2D eigenvalue weighted by molar-refractivity contribution is 0.0993. The smallest absolute Gasteiger partial charge is 0.152 e. The molecule has 0 aliphatic rings. The largest absolute Gasteiger partial charge is 0.399 e.